The first-order valence-electron chi connectivity index (χ1n) is 9.37. The first-order chi connectivity index (χ1) is 13.5. The Morgan fingerprint density at radius 1 is 1.32 bits per heavy atom. The van der Waals surface area contributed by atoms with E-state index >= 15 is 0 Å². The van der Waals surface area contributed by atoms with Crippen LogP contribution in [0.2, 0.25) is 0 Å². The van der Waals surface area contributed by atoms with E-state index in [1.807, 2.05) is 0 Å². The summed E-state index contributed by atoms with van der Waals surface area (Å²) in [6, 6.07) is 3.15. The number of likely N-dealkylation sites (N-methyl/N-ethyl adjacent to an activating group) is 1. The van der Waals surface area contributed by atoms with Crippen molar-refractivity contribution in [2.75, 3.05) is 46.9 Å². The molecule has 1 aliphatic heterocycles. The molecule has 7 nitrogen and oxygen atoms in total. The molecule has 0 aliphatic carbocycles. The van der Waals surface area contributed by atoms with Gasteiger partial charge in [-0.05, 0) is 31.4 Å². The lowest BCUT2D eigenvalue weighted by Crippen LogP contribution is -2.44. The Balaban J connectivity index is 1.83. The van der Waals surface area contributed by atoms with Gasteiger partial charge in [-0.25, -0.2) is 13.8 Å². The summed E-state index contributed by atoms with van der Waals surface area (Å²) in [5, 5.41) is 6.21. The number of hydrogen-bond donors (Lipinski definition) is 2. The van der Waals surface area contributed by atoms with Gasteiger partial charge in [0.15, 0.2) is 17.5 Å². The van der Waals surface area contributed by atoms with Crippen molar-refractivity contribution in [3.05, 3.63) is 29.8 Å². The Hall–Kier alpha value is -2.42. The fraction of sp³-hybridized carbons (Fsp3) is 0.579. The number of rotatable bonds is 8. The third kappa shape index (κ3) is 7.67. The van der Waals surface area contributed by atoms with E-state index in [0.717, 1.165) is 38.0 Å². The molecule has 1 aromatic rings. The van der Waals surface area contributed by atoms with Crippen LogP contribution in [0.15, 0.2) is 23.2 Å². The average molecular weight is 398 g/mol. The highest BCUT2D eigenvalue weighted by Gasteiger charge is 2.14. The predicted octanol–water partition coefficient (Wildman–Crippen LogP) is 1.54. The summed E-state index contributed by atoms with van der Waals surface area (Å²) in [5.74, 6) is -1.10. The second-order valence-electron chi connectivity index (χ2n) is 6.67. The van der Waals surface area contributed by atoms with Gasteiger partial charge in [0.05, 0.1) is 12.6 Å². The van der Waals surface area contributed by atoms with Crippen molar-refractivity contribution in [2.24, 2.45) is 4.99 Å². The molecule has 0 spiro atoms. The zero-order chi connectivity index (χ0) is 20.4. The molecule has 1 amide bonds. The van der Waals surface area contributed by atoms with Gasteiger partial charge in [-0.2, -0.15) is 0 Å². The molecule has 1 aliphatic rings. The number of ether oxygens (including phenoxy) is 2. The largest absolute Gasteiger partial charge is 0.489 e. The van der Waals surface area contributed by atoms with Crippen molar-refractivity contribution in [2.45, 2.75) is 25.4 Å². The van der Waals surface area contributed by atoms with Gasteiger partial charge < -0.3 is 25.0 Å². The number of guanidine groups is 1. The summed E-state index contributed by atoms with van der Waals surface area (Å²) < 4.78 is 37.5. The monoisotopic (exact) mass is 398 g/mol. The third-order valence-electron chi connectivity index (χ3n) is 4.19. The zero-order valence-electron chi connectivity index (χ0n) is 16.3. The highest BCUT2D eigenvalue weighted by molar-refractivity contribution is 5.84. The van der Waals surface area contributed by atoms with E-state index < -0.39 is 11.6 Å². The number of hydrogen-bond acceptors (Lipinski definition) is 4. The van der Waals surface area contributed by atoms with Crippen LogP contribution in [0.3, 0.4) is 0 Å². The van der Waals surface area contributed by atoms with Crippen LogP contribution in [0.25, 0.3) is 0 Å². The molecule has 9 heteroatoms. The van der Waals surface area contributed by atoms with Gasteiger partial charge in [0.25, 0.3) is 0 Å². The normalized spacial score (nSPS) is 17.1. The first-order valence-corrected chi connectivity index (χ1v) is 9.37. The van der Waals surface area contributed by atoms with Crippen LogP contribution in [-0.4, -0.2) is 69.8 Å². The highest BCUT2D eigenvalue weighted by Crippen LogP contribution is 2.17. The fourth-order valence-electron chi connectivity index (χ4n) is 2.56. The molecule has 1 fully saturated rings. The van der Waals surface area contributed by atoms with Gasteiger partial charge >= 0.3 is 0 Å². The molecule has 156 valence electrons. The lowest BCUT2D eigenvalue weighted by atomic mass is 10.1. The molecule has 1 saturated heterocycles. The molecule has 1 atom stereocenters. The van der Waals surface area contributed by atoms with Gasteiger partial charge in [0.1, 0.15) is 19.0 Å². The number of aliphatic imine (C=N–C) groups is 1. The zero-order valence-corrected chi connectivity index (χ0v) is 16.3. The number of benzene rings is 1. The van der Waals surface area contributed by atoms with E-state index in [-0.39, 0.29) is 30.9 Å². The summed E-state index contributed by atoms with van der Waals surface area (Å²) in [4.78, 5) is 17.5. The summed E-state index contributed by atoms with van der Waals surface area (Å²) in [7, 11) is 3.33. The second-order valence-corrected chi connectivity index (χ2v) is 6.67. The Morgan fingerprint density at radius 2 is 2.14 bits per heavy atom. The van der Waals surface area contributed by atoms with Gasteiger partial charge in [0.2, 0.25) is 5.91 Å². The van der Waals surface area contributed by atoms with E-state index in [1.54, 1.807) is 14.1 Å². The average Bonchev–Trinajstić information content (AvgIpc) is 2.68. The van der Waals surface area contributed by atoms with Gasteiger partial charge in [-0.3, -0.25) is 4.79 Å². The van der Waals surface area contributed by atoms with Crippen molar-refractivity contribution >= 4 is 11.9 Å². The Labute approximate surface area is 164 Å². The number of halogens is 2. The summed E-state index contributed by atoms with van der Waals surface area (Å²) in [5.41, 5.74) is 0. The van der Waals surface area contributed by atoms with Crippen LogP contribution in [0.4, 0.5) is 8.78 Å². The summed E-state index contributed by atoms with van der Waals surface area (Å²) in [6.07, 6.45) is 3.28. The van der Waals surface area contributed by atoms with Crippen molar-refractivity contribution < 1.29 is 23.0 Å². The molecule has 0 aromatic heterocycles. The SMILES string of the molecule is CN(C)C(=O)CN=C(NCCOc1ccc(F)cc1F)NCC1CCCCO1. The lowest BCUT2D eigenvalue weighted by molar-refractivity contribution is -0.127. The number of carbonyl (C=O) groups excluding carboxylic acids is 1. The predicted molar refractivity (Wildman–Crippen MR) is 102 cm³/mol. The Kier molecular flexibility index (Phi) is 8.93. The minimum atomic E-state index is -0.752. The van der Waals surface area contributed by atoms with Crippen LogP contribution in [0, 0.1) is 11.6 Å². The molecule has 2 N–H and O–H groups in total. The molecular formula is C19H28F2N4O3. The van der Waals surface area contributed by atoms with E-state index in [1.165, 1.54) is 11.0 Å². The topological polar surface area (TPSA) is 75.2 Å². The standard InChI is InChI=1S/C19H28F2N4O3/c1-25(2)18(26)13-24-19(23-12-15-5-3-4-9-27-15)22-8-10-28-17-7-6-14(20)11-16(17)21/h6-7,11,15H,3-5,8-10,12-13H2,1-2H3,(H2,22,23,24). The number of nitrogens with one attached hydrogen (secondary N) is 2. The van der Waals surface area contributed by atoms with Crippen LogP contribution in [0.1, 0.15) is 19.3 Å². The molecule has 2 rings (SSSR count). The van der Waals surface area contributed by atoms with Crippen molar-refractivity contribution in [3.8, 4) is 5.75 Å². The summed E-state index contributed by atoms with van der Waals surface area (Å²) >= 11 is 0. The second kappa shape index (κ2) is 11.4. The van der Waals surface area contributed by atoms with Gasteiger partial charge in [-0.15, -0.1) is 0 Å². The molecule has 1 aromatic carbocycles. The van der Waals surface area contributed by atoms with Crippen molar-refractivity contribution in [1.82, 2.24) is 15.5 Å². The number of amides is 1. The molecule has 1 heterocycles. The smallest absolute Gasteiger partial charge is 0.243 e. The molecule has 0 saturated carbocycles. The van der Waals surface area contributed by atoms with Crippen LogP contribution in [-0.2, 0) is 9.53 Å². The van der Waals surface area contributed by atoms with E-state index in [0.29, 0.717) is 19.0 Å². The molecule has 1 unspecified atom stereocenters. The summed E-state index contributed by atoms with van der Waals surface area (Å²) in [6.45, 7) is 1.80. The first kappa shape index (κ1) is 21.9. The fourth-order valence-corrected chi connectivity index (χ4v) is 2.56. The Morgan fingerprint density at radius 3 is 2.82 bits per heavy atom. The van der Waals surface area contributed by atoms with Gasteiger partial charge in [-0.1, -0.05) is 0 Å². The van der Waals surface area contributed by atoms with Crippen LogP contribution >= 0.6 is 0 Å². The molecule has 0 bridgehead atoms. The maximum atomic E-state index is 13.6. The number of nitrogens with zero attached hydrogens (tertiary/aromatic N) is 2. The lowest BCUT2D eigenvalue weighted by Gasteiger charge is -2.24. The van der Waals surface area contributed by atoms with Crippen molar-refractivity contribution in [1.29, 1.82) is 0 Å². The van der Waals surface area contributed by atoms with Crippen molar-refractivity contribution in [3.63, 3.8) is 0 Å². The molecular weight excluding hydrogens is 370 g/mol. The quantitative estimate of drug-likeness (QED) is 0.395. The highest BCUT2D eigenvalue weighted by atomic mass is 19.1. The van der Waals surface area contributed by atoms with E-state index in [4.69, 9.17) is 9.47 Å². The third-order valence-corrected chi connectivity index (χ3v) is 4.19. The van der Waals surface area contributed by atoms with E-state index in [2.05, 4.69) is 15.6 Å². The van der Waals surface area contributed by atoms with Gasteiger partial charge in [0, 0.05) is 33.3 Å². The number of carbonyl (C=O) groups is 1. The molecule has 0 radical (unpaired) electrons. The minimum Gasteiger partial charge on any atom is -0.489 e. The van der Waals surface area contributed by atoms with Crippen LogP contribution < -0.4 is 15.4 Å². The Bertz CT molecular complexity index is 665. The molecule has 28 heavy (non-hydrogen) atoms. The van der Waals surface area contributed by atoms with Crippen LogP contribution in [0.5, 0.6) is 5.75 Å². The minimum absolute atomic E-state index is 0.00129. The maximum Gasteiger partial charge on any atom is 0.243 e. The maximum absolute atomic E-state index is 13.6. The van der Waals surface area contributed by atoms with E-state index in [9.17, 15) is 13.6 Å².